The molecule has 102 valence electrons. The first-order chi connectivity index (χ1) is 9.58. The van der Waals surface area contributed by atoms with Crippen molar-refractivity contribution >= 4 is 69.9 Å². The average molecular weight is 476 g/mol. The lowest BCUT2D eigenvalue weighted by atomic mass is 9.96. The maximum absolute atomic E-state index is 6.49. The summed E-state index contributed by atoms with van der Waals surface area (Å²) in [6, 6.07) is 14.4. The Bertz CT molecular complexity index is 782. The van der Waals surface area contributed by atoms with Gasteiger partial charge in [0.05, 0.1) is 13.6 Å². The number of nitrogens with two attached hydrogens (primary N) is 1. The monoisotopic (exact) mass is 473 g/mol. The van der Waals surface area contributed by atoms with Crippen LogP contribution in [0.2, 0.25) is 0 Å². The standard InChI is InChI=1S/C15H10Br3NS/c16-12-6-5-10(8-3-1-2-4-9(8)12)14(19)11-7-13(17)20-15(11)18/h1-7,14H,19H2. The van der Waals surface area contributed by atoms with E-state index in [2.05, 4.69) is 78.1 Å². The number of rotatable bonds is 2. The molecule has 5 heteroatoms. The Morgan fingerprint density at radius 1 is 0.900 bits per heavy atom. The van der Waals surface area contributed by atoms with Crippen molar-refractivity contribution in [3.05, 3.63) is 65.6 Å². The number of thiophene rings is 1. The smallest absolute Gasteiger partial charge is 0.0761 e. The van der Waals surface area contributed by atoms with Crippen molar-refractivity contribution in [2.24, 2.45) is 5.73 Å². The lowest BCUT2D eigenvalue weighted by molar-refractivity contribution is 0.881. The lowest BCUT2D eigenvalue weighted by Gasteiger charge is -2.15. The van der Waals surface area contributed by atoms with Gasteiger partial charge in [-0.1, -0.05) is 46.3 Å². The minimum absolute atomic E-state index is 0.148. The molecular weight excluding hydrogens is 466 g/mol. The third-order valence-corrected chi connectivity index (χ3v) is 6.34. The molecule has 20 heavy (non-hydrogen) atoms. The molecule has 1 aromatic heterocycles. The highest BCUT2D eigenvalue weighted by molar-refractivity contribution is 9.12. The van der Waals surface area contributed by atoms with Crippen LogP contribution in [0.15, 0.2) is 54.5 Å². The van der Waals surface area contributed by atoms with Crippen LogP contribution in [0.4, 0.5) is 0 Å². The second-order valence-electron chi connectivity index (χ2n) is 4.44. The van der Waals surface area contributed by atoms with Crippen molar-refractivity contribution < 1.29 is 0 Å². The summed E-state index contributed by atoms with van der Waals surface area (Å²) in [7, 11) is 0. The Morgan fingerprint density at radius 3 is 2.25 bits per heavy atom. The summed E-state index contributed by atoms with van der Waals surface area (Å²) in [6.45, 7) is 0. The van der Waals surface area contributed by atoms with E-state index in [9.17, 15) is 0 Å². The van der Waals surface area contributed by atoms with Gasteiger partial charge in [0.15, 0.2) is 0 Å². The molecule has 3 rings (SSSR count). The largest absolute Gasteiger partial charge is 0.320 e. The Labute approximate surface area is 146 Å². The van der Waals surface area contributed by atoms with Crippen LogP contribution in [0.25, 0.3) is 10.8 Å². The van der Waals surface area contributed by atoms with Gasteiger partial charge < -0.3 is 5.73 Å². The third-order valence-electron chi connectivity index (χ3n) is 3.26. The van der Waals surface area contributed by atoms with Crippen molar-refractivity contribution in [1.29, 1.82) is 0 Å². The van der Waals surface area contributed by atoms with Crippen LogP contribution in [0.5, 0.6) is 0 Å². The molecule has 1 nitrogen and oxygen atoms in total. The molecular formula is C15H10Br3NS. The van der Waals surface area contributed by atoms with E-state index in [-0.39, 0.29) is 6.04 Å². The molecule has 0 saturated carbocycles. The Kier molecular flexibility index (Phi) is 4.34. The zero-order valence-corrected chi connectivity index (χ0v) is 15.8. The molecule has 1 unspecified atom stereocenters. The molecule has 3 aromatic rings. The fraction of sp³-hybridized carbons (Fsp3) is 0.0667. The molecule has 0 saturated heterocycles. The van der Waals surface area contributed by atoms with E-state index in [1.165, 1.54) is 10.8 Å². The highest BCUT2D eigenvalue weighted by Crippen LogP contribution is 2.39. The Morgan fingerprint density at radius 2 is 1.60 bits per heavy atom. The summed E-state index contributed by atoms with van der Waals surface area (Å²) in [4.78, 5) is 0. The van der Waals surface area contributed by atoms with Gasteiger partial charge in [-0.2, -0.15) is 0 Å². The number of fused-ring (bicyclic) bond motifs is 1. The van der Waals surface area contributed by atoms with Gasteiger partial charge in [-0.15, -0.1) is 11.3 Å². The second kappa shape index (κ2) is 5.89. The summed E-state index contributed by atoms with van der Waals surface area (Å²) in [6.07, 6.45) is 0. The van der Waals surface area contributed by atoms with Crippen molar-refractivity contribution in [3.8, 4) is 0 Å². The molecule has 0 fully saturated rings. The lowest BCUT2D eigenvalue weighted by Crippen LogP contribution is -2.12. The van der Waals surface area contributed by atoms with Gasteiger partial charge in [-0.3, -0.25) is 0 Å². The van der Waals surface area contributed by atoms with E-state index in [0.29, 0.717) is 0 Å². The van der Waals surface area contributed by atoms with Crippen LogP contribution < -0.4 is 5.73 Å². The van der Waals surface area contributed by atoms with E-state index >= 15 is 0 Å². The van der Waals surface area contributed by atoms with Crippen molar-refractivity contribution in [1.82, 2.24) is 0 Å². The zero-order chi connectivity index (χ0) is 14.3. The summed E-state index contributed by atoms with van der Waals surface area (Å²) >= 11 is 12.3. The summed E-state index contributed by atoms with van der Waals surface area (Å²) < 4.78 is 3.25. The maximum atomic E-state index is 6.49. The molecule has 0 amide bonds. The van der Waals surface area contributed by atoms with Gasteiger partial charge in [-0.05, 0) is 65.9 Å². The number of halogens is 3. The minimum atomic E-state index is -0.148. The Balaban J connectivity index is 2.20. The van der Waals surface area contributed by atoms with Gasteiger partial charge in [0.2, 0.25) is 0 Å². The first-order valence-electron chi connectivity index (χ1n) is 5.95. The summed E-state index contributed by atoms with van der Waals surface area (Å²) in [5, 5.41) is 2.37. The first kappa shape index (κ1) is 14.7. The van der Waals surface area contributed by atoms with E-state index in [0.717, 1.165) is 23.2 Å². The van der Waals surface area contributed by atoms with Gasteiger partial charge in [-0.25, -0.2) is 0 Å². The van der Waals surface area contributed by atoms with Crippen LogP contribution in [-0.2, 0) is 0 Å². The second-order valence-corrected chi connectivity index (χ2v) is 9.04. The fourth-order valence-corrected chi connectivity index (χ4v) is 5.70. The maximum Gasteiger partial charge on any atom is 0.0761 e. The molecule has 1 heterocycles. The van der Waals surface area contributed by atoms with E-state index in [4.69, 9.17) is 5.73 Å². The quantitative estimate of drug-likeness (QED) is 0.466. The van der Waals surface area contributed by atoms with Crippen molar-refractivity contribution in [3.63, 3.8) is 0 Å². The molecule has 0 aliphatic heterocycles. The predicted molar refractivity (Wildman–Crippen MR) is 97.4 cm³/mol. The first-order valence-corrected chi connectivity index (χ1v) is 9.15. The SMILES string of the molecule is NC(c1cc(Br)sc1Br)c1ccc(Br)c2ccccc12. The highest BCUT2D eigenvalue weighted by Gasteiger charge is 2.17. The molecule has 0 aliphatic rings. The normalized spacial score (nSPS) is 12.8. The molecule has 0 spiro atoms. The fourth-order valence-electron chi connectivity index (χ4n) is 2.29. The number of hydrogen-bond donors (Lipinski definition) is 1. The van der Waals surface area contributed by atoms with Crippen molar-refractivity contribution in [2.75, 3.05) is 0 Å². The van der Waals surface area contributed by atoms with Crippen LogP contribution >= 0.6 is 59.1 Å². The van der Waals surface area contributed by atoms with Crippen molar-refractivity contribution in [2.45, 2.75) is 6.04 Å². The number of benzene rings is 2. The van der Waals surface area contributed by atoms with Crippen LogP contribution in [0, 0.1) is 0 Å². The molecule has 0 aliphatic carbocycles. The average Bonchev–Trinajstić information content (AvgIpc) is 2.78. The van der Waals surface area contributed by atoms with Gasteiger partial charge in [0.25, 0.3) is 0 Å². The van der Waals surface area contributed by atoms with E-state index < -0.39 is 0 Å². The van der Waals surface area contributed by atoms with Crippen LogP contribution in [-0.4, -0.2) is 0 Å². The number of hydrogen-bond acceptors (Lipinski definition) is 2. The predicted octanol–water partition coefficient (Wildman–Crippen LogP) is 6.24. The Hall–Kier alpha value is -0.200. The zero-order valence-electron chi connectivity index (χ0n) is 10.2. The van der Waals surface area contributed by atoms with Gasteiger partial charge in [0, 0.05) is 4.47 Å². The minimum Gasteiger partial charge on any atom is -0.320 e. The molecule has 0 radical (unpaired) electrons. The third kappa shape index (κ3) is 2.62. The van der Waals surface area contributed by atoms with Crippen LogP contribution in [0.3, 0.4) is 0 Å². The topological polar surface area (TPSA) is 26.0 Å². The molecule has 2 N–H and O–H groups in total. The molecule has 2 aromatic carbocycles. The van der Waals surface area contributed by atoms with Gasteiger partial charge in [0.1, 0.15) is 0 Å². The van der Waals surface area contributed by atoms with Crippen LogP contribution in [0.1, 0.15) is 17.2 Å². The van der Waals surface area contributed by atoms with E-state index in [1.807, 2.05) is 12.1 Å². The highest BCUT2D eigenvalue weighted by atomic mass is 79.9. The van der Waals surface area contributed by atoms with Gasteiger partial charge >= 0.3 is 0 Å². The molecule has 0 bridgehead atoms. The molecule has 1 atom stereocenters. The van der Waals surface area contributed by atoms with E-state index in [1.54, 1.807) is 11.3 Å². The summed E-state index contributed by atoms with van der Waals surface area (Å²) in [5.41, 5.74) is 8.73. The summed E-state index contributed by atoms with van der Waals surface area (Å²) in [5.74, 6) is 0.